The van der Waals surface area contributed by atoms with Gasteiger partial charge < -0.3 is 14.8 Å². The molecule has 1 amide bonds. The third-order valence-corrected chi connectivity index (χ3v) is 5.46. The van der Waals surface area contributed by atoms with Gasteiger partial charge in [-0.3, -0.25) is 9.59 Å². The van der Waals surface area contributed by atoms with Crippen molar-refractivity contribution in [1.82, 2.24) is 4.98 Å². The van der Waals surface area contributed by atoms with Crippen LogP contribution in [0.15, 0.2) is 41.1 Å². The van der Waals surface area contributed by atoms with E-state index in [9.17, 15) is 9.59 Å². The van der Waals surface area contributed by atoms with Crippen LogP contribution < -0.4 is 14.8 Å². The highest BCUT2D eigenvalue weighted by Gasteiger charge is 2.16. The molecule has 3 aromatic rings. The van der Waals surface area contributed by atoms with Gasteiger partial charge in [-0.1, -0.05) is 6.07 Å². The van der Waals surface area contributed by atoms with Crippen LogP contribution in [0.5, 0.6) is 11.5 Å². The highest BCUT2D eigenvalue weighted by molar-refractivity contribution is 7.14. The van der Waals surface area contributed by atoms with Crippen LogP contribution in [0, 0.1) is 0 Å². The summed E-state index contributed by atoms with van der Waals surface area (Å²) in [5.74, 6) is 1.16. The number of carbonyl (C=O) groups excluding carboxylic acids is 2. The van der Waals surface area contributed by atoms with Crippen LogP contribution in [-0.4, -0.2) is 23.5 Å². The molecular weight excluding hydrogens is 372 g/mol. The molecule has 1 aromatic carbocycles. The molecule has 26 heavy (non-hydrogen) atoms. The van der Waals surface area contributed by atoms with Gasteiger partial charge in [-0.25, -0.2) is 4.98 Å². The minimum atomic E-state index is -0.221. The molecular formula is C18H14N2O4S2. The van der Waals surface area contributed by atoms with Gasteiger partial charge in [0.1, 0.15) is 0 Å². The van der Waals surface area contributed by atoms with Crippen molar-refractivity contribution in [1.29, 1.82) is 0 Å². The van der Waals surface area contributed by atoms with Crippen LogP contribution >= 0.6 is 22.7 Å². The Hall–Kier alpha value is -2.71. The van der Waals surface area contributed by atoms with Crippen molar-refractivity contribution in [3.63, 3.8) is 0 Å². The van der Waals surface area contributed by atoms with Crippen molar-refractivity contribution < 1.29 is 19.1 Å². The average molecular weight is 386 g/mol. The molecule has 0 saturated heterocycles. The number of nitrogens with one attached hydrogen (secondary N) is 1. The molecule has 3 heterocycles. The molecule has 0 bridgehead atoms. The number of nitrogens with zero attached hydrogens (tertiary/aromatic N) is 1. The first-order chi connectivity index (χ1) is 12.7. The van der Waals surface area contributed by atoms with E-state index in [2.05, 4.69) is 10.3 Å². The van der Waals surface area contributed by atoms with Crippen molar-refractivity contribution in [3.8, 4) is 22.8 Å². The summed E-state index contributed by atoms with van der Waals surface area (Å²) >= 11 is 2.73. The van der Waals surface area contributed by atoms with Crippen molar-refractivity contribution in [3.05, 3.63) is 46.0 Å². The van der Waals surface area contributed by atoms with Crippen LogP contribution in [0.25, 0.3) is 11.3 Å². The third kappa shape index (κ3) is 3.61. The van der Waals surface area contributed by atoms with Gasteiger partial charge in [0, 0.05) is 23.8 Å². The number of rotatable bonds is 6. The Morgan fingerprint density at radius 3 is 2.85 bits per heavy atom. The Labute approximate surface area is 157 Å². The number of thiazole rings is 1. The number of carbonyl (C=O) groups is 2. The fourth-order valence-corrected chi connectivity index (χ4v) is 3.92. The number of amides is 1. The zero-order valence-electron chi connectivity index (χ0n) is 13.6. The molecule has 4 rings (SSSR count). The molecule has 0 atom stereocenters. The molecule has 0 saturated carbocycles. The quantitative estimate of drug-likeness (QED) is 0.643. The van der Waals surface area contributed by atoms with Gasteiger partial charge in [0.25, 0.3) is 0 Å². The number of aromatic nitrogens is 1. The van der Waals surface area contributed by atoms with Gasteiger partial charge in [0.15, 0.2) is 22.4 Å². The summed E-state index contributed by atoms with van der Waals surface area (Å²) in [5.41, 5.74) is 1.64. The fourth-order valence-electron chi connectivity index (χ4n) is 2.49. The molecule has 0 spiro atoms. The highest BCUT2D eigenvalue weighted by Crippen LogP contribution is 2.36. The molecule has 8 heteroatoms. The number of ketones is 1. The van der Waals surface area contributed by atoms with E-state index < -0.39 is 0 Å². The van der Waals surface area contributed by atoms with E-state index in [1.807, 2.05) is 35.0 Å². The van der Waals surface area contributed by atoms with E-state index in [0.717, 1.165) is 11.3 Å². The molecule has 1 aliphatic heterocycles. The summed E-state index contributed by atoms with van der Waals surface area (Å²) in [6.07, 6.45) is 0.322. The SMILES string of the molecule is O=C(CCC(=O)c1cccs1)Nc1nc(-c2ccc3c(c2)OCO3)cs1. The number of ether oxygens (including phenoxy) is 2. The number of thiophene rings is 1. The number of hydrogen-bond donors (Lipinski definition) is 1. The fraction of sp³-hybridized carbons (Fsp3) is 0.167. The normalized spacial score (nSPS) is 12.2. The molecule has 1 aliphatic rings. The monoisotopic (exact) mass is 386 g/mol. The number of benzene rings is 1. The number of fused-ring (bicyclic) bond motifs is 1. The van der Waals surface area contributed by atoms with Gasteiger partial charge in [0.2, 0.25) is 12.7 Å². The maximum atomic E-state index is 12.1. The van der Waals surface area contributed by atoms with Crippen LogP contribution in [0.2, 0.25) is 0 Å². The Kier molecular flexibility index (Phi) is 4.68. The second-order valence-electron chi connectivity index (χ2n) is 5.55. The minimum absolute atomic E-state index is 0.0182. The highest BCUT2D eigenvalue weighted by atomic mass is 32.1. The van der Waals surface area contributed by atoms with Crippen LogP contribution in [-0.2, 0) is 4.79 Å². The Morgan fingerprint density at radius 1 is 1.12 bits per heavy atom. The number of Topliss-reactive ketones (excluding diaryl/α,β-unsaturated/α-hetero) is 1. The lowest BCUT2D eigenvalue weighted by atomic mass is 10.1. The summed E-state index contributed by atoms with van der Waals surface area (Å²) in [7, 11) is 0. The van der Waals surface area contributed by atoms with Crippen molar-refractivity contribution in [2.75, 3.05) is 12.1 Å². The van der Waals surface area contributed by atoms with Crippen molar-refractivity contribution >= 4 is 39.5 Å². The van der Waals surface area contributed by atoms with E-state index in [-0.39, 0.29) is 31.3 Å². The third-order valence-electron chi connectivity index (χ3n) is 3.79. The number of hydrogen-bond acceptors (Lipinski definition) is 7. The van der Waals surface area contributed by atoms with Crippen molar-refractivity contribution in [2.24, 2.45) is 0 Å². The Morgan fingerprint density at radius 2 is 2.00 bits per heavy atom. The molecule has 2 aromatic heterocycles. The predicted octanol–water partition coefficient (Wildman–Crippen LogP) is 4.20. The lowest BCUT2D eigenvalue weighted by Crippen LogP contribution is -2.13. The zero-order chi connectivity index (χ0) is 17.9. The van der Waals surface area contributed by atoms with E-state index >= 15 is 0 Å². The topological polar surface area (TPSA) is 77.5 Å². The summed E-state index contributed by atoms with van der Waals surface area (Å²) < 4.78 is 10.7. The van der Waals surface area contributed by atoms with E-state index in [1.165, 1.54) is 22.7 Å². The first-order valence-electron chi connectivity index (χ1n) is 7.91. The zero-order valence-corrected chi connectivity index (χ0v) is 15.2. The summed E-state index contributed by atoms with van der Waals surface area (Å²) in [4.78, 5) is 29.1. The summed E-state index contributed by atoms with van der Waals surface area (Å²) in [5, 5.41) is 6.97. The Balaban J connectivity index is 1.36. The molecule has 0 fully saturated rings. The maximum Gasteiger partial charge on any atom is 0.231 e. The molecule has 6 nitrogen and oxygen atoms in total. The average Bonchev–Trinajstić information content (AvgIpc) is 3.39. The largest absolute Gasteiger partial charge is 0.454 e. The van der Waals surface area contributed by atoms with Gasteiger partial charge >= 0.3 is 0 Å². The van der Waals surface area contributed by atoms with Crippen LogP contribution in [0.4, 0.5) is 5.13 Å². The van der Waals surface area contributed by atoms with Crippen molar-refractivity contribution in [2.45, 2.75) is 12.8 Å². The molecule has 132 valence electrons. The molecule has 1 N–H and O–H groups in total. The molecule has 0 aliphatic carbocycles. The first kappa shape index (κ1) is 16.7. The summed E-state index contributed by atoms with van der Waals surface area (Å²) in [6.45, 7) is 0.224. The smallest absolute Gasteiger partial charge is 0.231 e. The lowest BCUT2D eigenvalue weighted by molar-refractivity contribution is -0.116. The summed E-state index contributed by atoms with van der Waals surface area (Å²) in [6, 6.07) is 9.19. The Bertz CT molecular complexity index is 950. The van der Waals surface area contributed by atoms with E-state index in [1.54, 1.807) is 6.07 Å². The first-order valence-corrected chi connectivity index (χ1v) is 9.67. The maximum absolute atomic E-state index is 12.1. The van der Waals surface area contributed by atoms with Gasteiger partial charge in [-0.15, -0.1) is 22.7 Å². The standard InChI is InChI=1S/C18H14N2O4S2/c21-13(16-2-1-7-25-16)4-6-17(22)20-18-19-12(9-26-18)11-3-5-14-15(8-11)24-10-23-14/h1-3,5,7-9H,4,6,10H2,(H,19,20,22). The predicted molar refractivity (Wildman–Crippen MR) is 100 cm³/mol. The second kappa shape index (κ2) is 7.27. The van der Waals surface area contributed by atoms with E-state index in [0.29, 0.717) is 21.5 Å². The minimum Gasteiger partial charge on any atom is -0.454 e. The second-order valence-corrected chi connectivity index (χ2v) is 7.36. The molecule has 0 radical (unpaired) electrons. The van der Waals surface area contributed by atoms with Gasteiger partial charge in [-0.05, 0) is 29.6 Å². The van der Waals surface area contributed by atoms with E-state index in [4.69, 9.17) is 9.47 Å². The van der Waals surface area contributed by atoms with Gasteiger partial charge in [0.05, 0.1) is 10.6 Å². The number of anilines is 1. The molecule has 0 unspecified atom stereocenters. The van der Waals surface area contributed by atoms with Crippen LogP contribution in [0.1, 0.15) is 22.5 Å². The lowest BCUT2D eigenvalue weighted by Gasteiger charge is -2.01. The van der Waals surface area contributed by atoms with Gasteiger partial charge in [-0.2, -0.15) is 0 Å². The van der Waals surface area contributed by atoms with Crippen LogP contribution in [0.3, 0.4) is 0 Å².